The first-order valence-electron chi connectivity index (χ1n) is 6.75. The fourth-order valence-corrected chi connectivity index (χ4v) is 3.99. The molecule has 3 saturated carbocycles. The quantitative estimate of drug-likeness (QED) is 0.854. The van der Waals surface area contributed by atoms with Crippen molar-refractivity contribution in [3.05, 3.63) is 17.0 Å². The first kappa shape index (κ1) is 16.1. The summed E-state index contributed by atoms with van der Waals surface area (Å²) in [6, 6.07) is 0. The Morgan fingerprint density at radius 1 is 1.22 bits per heavy atom. The van der Waals surface area contributed by atoms with Crippen LogP contribution in [0.5, 0.6) is 0 Å². The van der Waals surface area contributed by atoms with Crippen LogP contribution in [0.4, 0.5) is 26.3 Å². The summed E-state index contributed by atoms with van der Waals surface area (Å²) in [6.45, 7) is 0.748. The maximum atomic E-state index is 12.8. The van der Waals surface area contributed by atoms with Gasteiger partial charge in [-0.05, 0) is 31.6 Å². The number of hydrogen-bond donors (Lipinski definition) is 1. The van der Waals surface area contributed by atoms with Gasteiger partial charge in [-0.2, -0.15) is 31.4 Å². The Balaban J connectivity index is 1.87. The van der Waals surface area contributed by atoms with Gasteiger partial charge in [0.25, 0.3) is 0 Å². The maximum absolute atomic E-state index is 12.8. The second kappa shape index (κ2) is 4.21. The summed E-state index contributed by atoms with van der Waals surface area (Å²) in [7, 11) is 0. The van der Waals surface area contributed by atoms with Crippen molar-refractivity contribution in [1.29, 1.82) is 0 Å². The second-order valence-corrected chi connectivity index (χ2v) is 6.59. The van der Waals surface area contributed by atoms with Crippen molar-refractivity contribution in [2.75, 3.05) is 0 Å². The van der Waals surface area contributed by atoms with Gasteiger partial charge in [-0.15, -0.1) is 0 Å². The number of aromatic nitrogens is 2. The summed E-state index contributed by atoms with van der Waals surface area (Å²) in [5.41, 5.74) is -5.01. The van der Waals surface area contributed by atoms with Crippen molar-refractivity contribution < 1.29 is 36.2 Å². The summed E-state index contributed by atoms with van der Waals surface area (Å²) in [4.78, 5) is 11.2. The highest BCUT2D eigenvalue weighted by Crippen LogP contribution is 2.78. The molecule has 1 N–H and O–H groups in total. The molecular formula is C13H12F6N2O2. The molecule has 0 unspecified atom stereocenters. The molecule has 23 heavy (non-hydrogen) atoms. The lowest BCUT2D eigenvalue weighted by atomic mass is 9.35. The van der Waals surface area contributed by atoms with E-state index in [9.17, 15) is 31.1 Å². The summed E-state index contributed by atoms with van der Waals surface area (Å²) in [5, 5.41) is 12.4. The van der Waals surface area contributed by atoms with Crippen molar-refractivity contribution >= 4 is 5.97 Å². The smallest absolute Gasteiger partial charge is 0.435 e. The summed E-state index contributed by atoms with van der Waals surface area (Å²) < 4.78 is 77.6. The largest absolute Gasteiger partial charge is 0.477 e. The zero-order valence-corrected chi connectivity index (χ0v) is 11.8. The van der Waals surface area contributed by atoms with E-state index in [1.54, 1.807) is 0 Å². The number of halogens is 6. The third-order valence-electron chi connectivity index (χ3n) is 4.89. The minimum atomic E-state index is -4.81. The molecule has 10 heteroatoms. The van der Waals surface area contributed by atoms with E-state index in [0.717, 1.165) is 6.92 Å². The molecule has 0 aromatic carbocycles. The molecule has 1 aromatic heterocycles. The van der Waals surface area contributed by atoms with E-state index >= 15 is 0 Å². The number of rotatable bonds is 3. The number of hydrogen-bond acceptors (Lipinski definition) is 2. The van der Waals surface area contributed by atoms with Crippen LogP contribution in [0.1, 0.15) is 41.0 Å². The van der Waals surface area contributed by atoms with Crippen LogP contribution in [0, 0.1) is 17.8 Å². The lowest BCUT2D eigenvalue weighted by Gasteiger charge is -2.70. The van der Waals surface area contributed by atoms with Gasteiger partial charge < -0.3 is 5.11 Å². The van der Waals surface area contributed by atoms with Crippen LogP contribution >= 0.6 is 0 Å². The third kappa shape index (κ3) is 2.13. The standard InChI is InChI=1S/C13H12F6N2O2/c1-6-7(9(22)23)21(20-8(6)12(14,15)16)5-10-2-11(3-10,4-10)13(17,18)19/h2-5H2,1H3,(H,22,23). The minimum Gasteiger partial charge on any atom is -0.477 e. The van der Waals surface area contributed by atoms with Crippen molar-refractivity contribution in [2.45, 2.75) is 45.1 Å². The van der Waals surface area contributed by atoms with Crippen molar-refractivity contribution in [1.82, 2.24) is 9.78 Å². The fourth-order valence-electron chi connectivity index (χ4n) is 3.99. The Labute approximate surface area is 126 Å². The number of carboxylic acid groups (broad SMARTS) is 1. The van der Waals surface area contributed by atoms with E-state index in [4.69, 9.17) is 5.11 Å². The van der Waals surface area contributed by atoms with Crippen LogP contribution in [0.15, 0.2) is 0 Å². The van der Waals surface area contributed by atoms with Gasteiger partial charge in [-0.3, -0.25) is 4.68 Å². The molecule has 128 valence electrons. The van der Waals surface area contributed by atoms with Crippen LogP contribution in [0.2, 0.25) is 0 Å². The first-order chi connectivity index (χ1) is 10.3. The molecule has 0 saturated heterocycles. The Morgan fingerprint density at radius 3 is 2.13 bits per heavy atom. The van der Waals surface area contributed by atoms with Crippen molar-refractivity contribution in [2.24, 2.45) is 10.8 Å². The van der Waals surface area contributed by atoms with Crippen LogP contribution in [-0.2, 0) is 12.7 Å². The Hall–Kier alpha value is -1.74. The van der Waals surface area contributed by atoms with Gasteiger partial charge in [-0.25, -0.2) is 4.79 Å². The molecular weight excluding hydrogens is 330 g/mol. The van der Waals surface area contributed by atoms with Crippen LogP contribution in [0.3, 0.4) is 0 Å². The zero-order valence-electron chi connectivity index (χ0n) is 11.8. The number of carbonyl (C=O) groups is 1. The molecule has 1 heterocycles. The molecule has 3 aliphatic carbocycles. The molecule has 0 aliphatic heterocycles. The Kier molecular flexibility index (Phi) is 2.95. The van der Waals surface area contributed by atoms with Gasteiger partial charge in [0.1, 0.15) is 5.69 Å². The highest BCUT2D eigenvalue weighted by Gasteiger charge is 2.78. The molecule has 0 radical (unpaired) electrons. The molecule has 4 rings (SSSR count). The van der Waals surface area contributed by atoms with E-state index < -0.39 is 46.1 Å². The number of nitrogens with zero attached hydrogens (tertiary/aromatic N) is 2. The Morgan fingerprint density at radius 2 is 1.74 bits per heavy atom. The van der Waals surface area contributed by atoms with Crippen molar-refractivity contribution in [3.63, 3.8) is 0 Å². The summed E-state index contributed by atoms with van der Waals surface area (Å²) >= 11 is 0. The molecule has 0 atom stereocenters. The lowest BCUT2D eigenvalue weighted by Crippen LogP contribution is -2.69. The predicted molar refractivity (Wildman–Crippen MR) is 63.7 cm³/mol. The molecule has 1 aromatic rings. The van der Waals surface area contributed by atoms with Crippen molar-refractivity contribution in [3.8, 4) is 0 Å². The monoisotopic (exact) mass is 342 g/mol. The molecule has 3 aliphatic rings. The van der Waals surface area contributed by atoms with Gasteiger partial charge in [0.2, 0.25) is 0 Å². The van der Waals surface area contributed by atoms with Crippen LogP contribution < -0.4 is 0 Å². The van der Waals surface area contributed by atoms with Gasteiger partial charge in [-0.1, -0.05) is 0 Å². The molecule has 3 fully saturated rings. The molecule has 0 amide bonds. The van der Waals surface area contributed by atoms with Crippen LogP contribution in [0.25, 0.3) is 0 Å². The van der Waals surface area contributed by atoms with Gasteiger partial charge in [0, 0.05) is 12.1 Å². The average Bonchev–Trinajstić information content (AvgIpc) is 2.56. The van der Waals surface area contributed by atoms with Gasteiger partial charge >= 0.3 is 18.3 Å². The number of aromatic carboxylic acids is 1. The van der Waals surface area contributed by atoms with E-state index in [-0.39, 0.29) is 25.8 Å². The average molecular weight is 342 g/mol. The summed E-state index contributed by atoms with van der Waals surface area (Å²) in [6.07, 6.45) is -9.72. The van der Waals surface area contributed by atoms with Gasteiger partial charge in [0.15, 0.2) is 5.69 Å². The minimum absolute atomic E-state index is 0.192. The fraction of sp³-hybridized carbons (Fsp3) is 0.692. The highest BCUT2D eigenvalue weighted by molar-refractivity contribution is 5.87. The second-order valence-electron chi connectivity index (χ2n) is 6.59. The topological polar surface area (TPSA) is 55.1 Å². The van der Waals surface area contributed by atoms with E-state index in [1.165, 1.54) is 0 Å². The number of alkyl halides is 6. The predicted octanol–water partition coefficient (Wildman–Crippen LogP) is 3.64. The van der Waals surface area contributed by atoms with Crippen LogP contribution in [-0.4, -0.2) is 27.0 Å². The molecule has 2 bridgehead atoms. The molecule has 0 spiro atoms. The summed E-state index contributed by atoms with van der Waals surface area (Å²) in [5.74, 6) is -1.58. The van der Waals surface area contributed by atoms with E-state index in [0.29, 0.717) is 4.68 Å². The highest BCUT2D eigenvalue weighted by atomic mass is 19.4. The maximum Gasteiger partial charge on any atom is 0.435 e. The van der Waals surface area contributed by atoms with E-state index in [2.05, 4.69) is 5.10 Å². The molecule has 4 nitrogen and oxygen atoms in total. The number of carboxylic acids is 1. The van der Waals surface area contributed by atoms with E-state index in [1.807, 2.05) is 0 Å². The lowest BCUT2D eigenvalue weighted by molar-refractivity contribution is -0.366. The zero-order chi connectivity index (χ0) is 17.4. The third-order valence-corrected chi connectivity index (χ3v) is 4.89. The SMILES string of the molecule is Cc1c(C(F)(F)F)nn(CC23CC(C(F)(F)F)(C2)C3)c1C(=O)O. The Bertz CT molecular complexity index is 668. The van der Waals surface area contributed by atoms with Gasteiger partial charge in [0.05, 0.1) is 5.41 Å². The normalized spacial score (nSPS) is 29.9. The first-order valence-corrected chi connectivity index (χ1v) is 6.75.